The summed E-state index contributed by atoms with van der Waals surface area (Å²) in [6, 6.07) is 7.26. The van der Waals surface area contributed by atoms with Crippen molar-refractivity contribution in [3.05, 3.63) is 55.8 Å². The van der Waals surface area contributed by atoms with Gasteiger partial charge in [-0.1, -0.05) is 28.1 Å². The quantitative estimate of drug-likeness (QED) is 0.822. The molecule has 1 aromatic heterocycles. The molecule has 0 aliphatic carbocycles. The van der Waals surface area contributed by atoms with Gasteiger partial charge in [-0.2, -0.15) is 0 Å². The number of aromatic nitrogens is 2. The van der Waals surface area contributed by atoms with Crippen LogP contribution in [0.1, 0.15) is 0 Å². The molecule has 0 aliphatic heterocycles. The predicted molar refractivity (Wildman–Crippen MR) is 60.8 cm³/mol. The molecule has 0 bridgehead atoms. The third-order valence-electron chi connectivity index (χ3n) is 1.97. The van der Waals surface area contributed by atoms with Crippen LogP contribution in [0.15, 0.2) is 44.5 Å². The molecular weight excluding hydrogens is 260 g/mol. The second-order valence-electron chi connectivity index (χ2n) is 2.99. The zero-order valence-corrected chi connectivity index (χ0v) is 9.17. The number of benzene rings is 1. The van der Waals surface area contributed by atoms with Crippen LogP contribution < -0.4 is 11.2 Å². The Kier molecular flexibility index (Phi) is 2.55. The van der Waals surface area contributed by atoms with Gasteiger partial charge in [-0.25, -0.2) is 4.79 Å². The summed E-state index contributed by atoms with van der Waals surface area (Å²) in [7, 11) is 0. The van der Waals surface area contributed by atoms with Crippen molar-refractivity contribution in [3.8, 4) is 11.1 Å². The van der Waals surface area contributed by atoms with Gasteiger partial charge in [0, 0.05) is 10.7 Å². The van der Waals surface area contributed by atoms with Crippen LogP contribution in [0.25, 0.3) is 11.1 Å². The Balaban J connectivity index is 2.59. The first-order chi connectivity index (χ1) is 7.16. The second-order valence-corrected chi connectivity index (χ2v) is 3.91. The molecule has 0 spiro atoms. The molecule has 15 heavy (non-hydrogen) atoms. The Labute approximate surface area is 93.1 Å². The van der Waals surface area contributed by atoms with Crippen LogP contribution in [0.4, 0.5) is 0 Å². The number of halogens is 1. The van der Waals surface area contributed by atoms with Gasteiger partial charge < -0.3 is 4.98 Å². The molecule has 0 saturated heterocycles. The third-order valence-corrected chi connectivity index (χ3v) is 2.50. The zero-order valence-electron chi connectivity index (χ0n) is 7.58. The van der Waals surface area contributed by atoms with Gasteiger partial charge in [0.15, 0.2) is 0 Å². The monoisotopic (exact) mass is 266 g/mol. The summed E-state index contributed by atoms with van der Waals surface area (Å²) >= 11 is 3.30. The molecule has 0 saturated carbocycles. The van der Waals surface area contributed by atoms with E-state index >= 15 is 0 Å². The van der Waals surface area contributed by atoms with Crippen molar-refractivity contribution < 1.29 is 0 Å². The van der Waals surface area contributed by atoms with E-state index in [0.29, 0.717) is 5.56 Å². The lowest BCUT2D eigenvalue weighted by molar-refractivity contribution is 1.04. The van der Waals surface area contributed by atoms with E-state index in [4.69, 9.17) is 0 Å². The average Bonchev–Trinajstić information content (AvgIpc) is 2.20. The number of nitrogens with one attached hydrogen (secondary N) is 2. The molecule has 2 aromatic rings. The van der Waals surface area contributed by atoms with Gasteiger partial charge in [0.1, 0.15) is 0 Å². The van der Waals surface area contributed by atoms with E-state index in [0.717, 1.165) is 10.0 Å². The van der Waals surface area contributed by atoms with Gasteiger partial charge in [-0.3, -0.25) is 9.78 Å². The molecule has 0 unspecified atom stereocenters. The van der Waals surface area contributed by atoms with Crippen LogP contribution in [-0.4, -0.2) is 9.97 Å². The maximum atomic E-state index is 11.4. The molecule has 1 heterocycles. The number of hydrogen-bond donors (Lipinski definition) is 2. The minimum absolute atomic E-state index is 0.388. The lowest BCUT2D eigenvalue weighted by Gasteiger charge is -1.99. The third kappa shape index (κ3) is 2.07. The summed E-state index contributed by atoms with van der Waals surface area (Å²) in [6.07, 6.45) is 1.41. The molecule has 5 heteroatoms. The van der Waals surface area contributed by atoms with Crippen molar-refractivity contribution in [2.75, 3.05) is 0 Å². The van der Waals surface area contributed by atoms with Gasteiger partial charge in [0.2, 0.25) is 0 Å². The van der Waals surface area contributed by atoms with Gasteiger partial charge in [-0.05, 0) is 17.7 Å². The predicted octanol–water partition coefficient (Wildman–Crippen LogP) is 1.49. The summed E-state index contributed by atoms with van der Waals surface area (Å²) in [5.41, 5.74) is 0.319. The molecule has 2 N–H and O–H groups in total. The highest BCUT2D eigenvalue weighted by atomic mass is 79.9. The van der Waals surface area contributed by atoms with Crippen molar-refractivity contribution in [1.82, 2.24) is 9.97 Å². The number of aromatic amines is 2. The highest BCUT2D eigenvalue weighted by molar-refractivity contribution is 9.10. The van der Waals surface area contributed by atoms with E-state index < -0.39 is 5.69 Å². The molecule has 0 aliphatic rings. The maximum absolute atomic E-state index is 11.4. The molecule has 0 radical (unpaired) electrons. The summed E-state index contributed by atoms with van der Waals surface area (Å²) in [6.45, 7) is 0. The standard InChI is InChI=1S/C10H7BrN2O2/c11-7-3-1-6(2-4-7)8-5-12-10(15)13-9(8)14/h1-5H,(H2,12,13,14,15). The summed E-state index contributed by atoms with van der Waals surface area (Å²) < 4.78 is 0.937. The Hall–Kier alpha value is -1.62. The Morgan fingerprint density at radius 2 is 1.73 bits per heavy atom. The first-order valence-electron chi connectivity index (χ1n) is 4.25. The first-order valence-corrected chi connectivity index (χ1v) is 5.04. The van der Waals surface area contributed by atoms with Crippen molar-refractivity contribution >= 4 is 15.9 Å². The molecule has 0 atom stereocenters. The van der Waals surface area contributed by atoms with Crippen molar-refractivity contribution in [1.29, 1.82) is 0 Å². The molecule has 0 amide bonds. The Morgan fingerprint density at radius 1 is 1.07 bits per heavy atom. The molecule has 76 valence electrons. The fourth-order valence-corrected chi connectivity index (χ4v) is 1.52. The highest BCUT2D eigenvalue weighted by Crippen LogP contribution is 2.17. The van der Waals surface area contributed by atoms with Gasteiger partial charge in [-0.15, -0.1) is 0 Å². The number of H-pyrrole nitrogens is 2. The van der Waals surface area contributed by atoms with Gasteiger partial charge in [0.25, 0.3) is 5.56 Å². The van der Waals surface area contributed by atoms with Crippen LogP contribution in [0.2, 0.25) is 0 Å². The largest absolute Gasteiger partial charge is 0.325 e. The molecule has 4 nitrogen and oxygen atoms in total. The molecule has 1 aromatic carbocycles. The Morgan fingerprint density at radius 3 is 2.33 bits per heavy atom. The van der Waals surface area contributed by atoms with Crippen LogP contribution in [0.5, 0.6) is 0 Å². The van der Waals surface area contributed by atoms with Crippen molar-refractivity contribution in [3.63, 3.8) is 0 Å². The highest BCUT2D eigenvalue weighted by Gasteiger charge is 2.02. The number of hydrogen-bond acceptors (Lipinski definition) is 2. The van der Waals surface area contributed by atoms with E-state index in [1.807, 2.05) is 12.1 Å². The van der Waals surface area contributed by atoms with E-state index in [-0.39, 0.29) is 5.56 Å². The number of rotatable bonds is 1. The normalized spacial score (nSPS) is 10.2. The fourth-order valence-electron chi connectivity index (χ4n) is 1.25. The van der Waals surface area contributed by atoms with E-state index in [1.54, 1.807) is 12.1 Å². The van der Waals surface area contributed by atoms with Crippen molar-refractivity contribution in [2.24, 2.45) is 0 Å². The second kappa shape index (κ2) is 3.86. The van der Waals surface area contributed by atoms with Crippen molar-refractivity contribution in [2.45, 2.75) is 0 Å². The molecule has 0 fully saturated rings. The SMILES string of the molecule is O=c1[nH]cc(-c2ccc(Br)cc2)c(=O)[nH]1. The van der Waals surface area contributed by atoms with Crippen LogP contribution in [-0.2, 0) is 0 Å². The van der Waals surface area contributed by atoms with Crippen LogP contribution in [0.3, 0.4) is 0 Å². The van der Waals surface area contributed by atoms with E-state index in [2.05, 4.69) is 25.9 Å². The van der Waals surface area contributed by atoms with E-state index in [9.17, 15) is 9.59 Å². The topological polar surface area (TPSA) is 65.7 Å². The van der Waals surface area contributed by atoms with E-state index in [1.165, 1.54) is 6.20 Å². The van der Waals surface area contributed by atoms with Gasteiger partial charge in [0.05, 0.1) is 5.56 Å². The zero-order chi connectivity index (χ0) is 10.8. The van der Waals surface area contributed by atoms with Crippen LogP contribution in [0, 0.1) is 0 Å². The summed E-state index contributed by atoms with van der Waals surface area (Å²) in [4.78, 5) is 26.9. The minimum atomic E-state index is -0.499. The first kappa shape index (κ1) is 9.92. The molecular formula is C10H7BrN2O2. The summed E-state index contributed by atoms with van der Waals surface area (Å²) in [5.74, 6) is 0. The van der Waals surface area contributed by atoms with Crippen LogP contribution >= 0.6 is 15.9 Å². The van der Waals surface area contributed by atoms with Gasteiger partial charge >= 0.3 is 5.69 Å². The fraction of sp³-hybridized carbons (Fsp3) is 0. The lowest BCUT2D eigenvalue weighted by atomic mass is 10.1. The molecule has 2 rings (SSSR count). The smallest absolute Gasteiger partial charge is 0.313 e. The Bertz CT molecular complexity index is 583. The minimum Gasteiger partial charge on any atom is -0.313 e. The summed E-state index contributed by atoms with van der Waals surface area (Å²) in [5, 5.41) is 0. The lowest BCUT2D eigenvalue weighted by Crippen LogP contribution is -2.22. The maximum Gasteiger partial charge on any atom is 0.325 e. The average molecular weight is 267 g/mol.